The van der Waals surface area contributed by atoms with Gasteiger partial charge in [-0.15, -0.1) is 11.6 Å². The lowest BCUT2D eigenvalue weighted by atomic mass is 10.2. The Morgan fingerprint density at radius 1 is 1.27 bits per heavy atom. The molecule has 78 valence electrons. The van der Waals surface area contributed by atoms with E-state index in [1.54, 1.807) is 0 Å². The third-order valence-corrected chi connectivity index (χ3v) is 2.32. The van der Waals surface area contributed by atoms with Gasteiger partial charge in [0.05, 0.1) is 6.10 Å². The highest BCUT2D eigenvalue weighted by Crippen LogP contribution is 2.26. The Balaban J connectivity index is 1.94. The Morgan fingerprint density at radius 3 is 2.60 bits per heavy atom. The number of benzene rings is 1. The summed E-state index contributed by atoms with van der Waals surface area (Å²) >= 11 is 5.53. The summed E-state index contributed by atoms with van der Waals surface area (Å²) in [5.74, 6) is 7.59. The van der Waals surface area contributed by atoms with Gasteiger partial charge in [0.1, 0.15) is 5.75 Å². The zero-order chi connectivity index (χ0) is 10.5. The highest BCUT2D eigenvalue weighted by atomic mass is 35.5. The second-order valence-corrected chi connectivity index (χ2v) is 3.96. The molecule has 0 aliphatic heterocycles. The van der Waals surface area contributed by atoms with E-state index in [1.165, 1.54) is 12.8 Å². The standard InChI is InChI=1S/C13H13ClO/c14-10-2-1-3-11-4-6-12(7-5-11)15-13-8-9-13/h4-7,13H,2,8-10H2. The number of ether oxygens (including phenoxy) is 1. The molecule has 0 unspecified atom stereocenters. The molecule has 1 aromatic rings. The Bertz CT molecular complexity index is 368. The summed E-state index contributed by atoms with van der Waals surface area (Å²) in [4.78, 5) is 0. The van der Waals surface area contributed by atoms with Crippen LogP contribution in [0, 0.1) is 11.8 Å². The molecule has 2 heteroatoms. The van der Waals surface area contributed by atoms with Crippen LogP contribution >= 0.6 is 11.6 Å². The Hall–Kier alpha value is -1.13. The van der Waals surface area contributed by atoms with E-state index >= 15 is 0 Å². The summed E-state index contributed by atoms with van der Waals surface area (Å²) in [6.07, 6.45) is 3.58. The molecule has 0 atom stereocenters. The van der Waals surface area contributed by atoms with E-state index in [4.69, 9.17) is 16.3 Å². The van der Waals surface area contributed by atoms with Crippen LogP contribution in [0.1, 0.15) is 24.8 Å². The van der Waals surface area contributed by atoms with Crippen molar-refractivity contribution >= 4 is 11.6 Å². The minimum Gasteiger partial charge on any atom is -0.490 e. The molecule has 0 aromatic heterocycles. The van der Waals surface area contributed by atoms with Crippen molar-refractivity contribution in [3.63, 3.8) is 0 Å². The Labute approximate surface area is 95.4 Å². The predicted octanol–water partition coefficient (Wildman–Crippen LogP) is 3.21. The third-order valence-electron chi connectivity index (χ3n) is 2.13. The van der Waals surface area contributed by atoms with Crippen LogP contribution in [0.3, 0.4) is 0 Å². The number of rotatable bonds is 3. The molecule has 0 radical (unpaired) electrons. The van der Waals surface area contributed by atoms with Gasteiger partial charge in [0.2, 0.25) is 0 Å². The first kappa shape index (κ1) is 10.4. The van der Waals surface area contributed by atoms with Crippen LogP contribution < -0.4 is 4.74 Å². The Kier molecular flexibility index (Phi) is 3.53. The largest absolute Gasteiger partial charge is 0.490 e. The van der Waals surface area contributed by atoms with Crippen LogP contribution in [0.15, 0.2) is 24.3 Å². The summed E-state index contributed by atoms with van der Waals surface area (Å²) in [5.41, 5.74) is 1.02. The van der Waals surface area contributed by atoms with Crippen LogP contribution in [0.4, 0.5) is 0 Å². The first-order valence-electron chi connectivity index (χ1n) is 5.20. The fourth-order valence-corrected chi connectivity index (χ4v) is 1.30. The van der Waals surface area contributed by atoms with E-state index in [0.717, 1.165) is 17.7 Å². The molecule has 0 heterocycles. The number of halogens is 1. The lowest BCUT2D eigenvalue weighted by Crippen LogP contribution is -1.95. The van der Waals surface area contributed by atoms with Crippen LogP contribution in [-0.2, 0) is 0 Å². The summed E-state index contributed by atoms with van der Waals surface area (Å²) < 4.78 is 5.64. The molecule has 0 spiro atoms. The van der Waals surface area contributed by atoms with E-state index in [1.807, 2.05) is 24.3 Å². The van der Waals surface area contributed by atoms with Crippen molar-refractivity contribution in [1.29, 1.82) is 0 Å². The number of alkyl halides is 1. The fraction of sp³-hybridized carbons (Fsp3) is 0.385. The monoisotopic (exact) mass is 220 g/mol. The van der Waals surface area contributed by atoms with E-state index in [-0.39, 0.29) is 0 Å². The van der Waals surface area contributed by atoms with Gasteiger partial charge >= 0.3 is 0 Å². The first-order valence-corrected chi connectivity index (χ1v) is 5.73. The van der Waals surface area contributed by atoms with E-state index < -0.39 is 0 Å². The van der Waals surface area contributed by atoms with Gasteiger partial charge in [-0.25, -0.2) is 0 Å². The molecule has 2 rings (SSSR count). The number of hydrogen-bond acceptors (Lipinski definition) is 1. The van der Waals surface area contributed by atoms with Gasteiger partial charge in [-0.2, -0.15) is 0 Å². The first-order chi connectivity index (χ1) is 7.38. The maximum absolute atomic E-state index is 5.64. The zero-order valence-electron chi connectivity index (χ0n) is 8.50. The minimum atomic E-state index is 0.457. The molecule has 0 bridgehead atoms. The van der Waals surface area contributed by atoms with Gasteiger partial charge in [0.15, 0.2) is 0 Å². The van der Waals surface area contributed by atoms with Crippen molar-refractivity contribution in [2.45, 2.75) is 25.4 Å². The van der Waals surface area contributed by atoms with Crippen molar-refractivity contribution in [2.24, 2.45) is 0 Å². The summed E-state index contributed by atoms with van der Waals surface area (Å²) in [5, 5.41) is 0. The van der Waals surface area contributed by atoms with Crippen LogP contribution in [0.25, 0.3) is 0 Å². The molecular weight excluding hydrogens is 208 g/mol. The highest BCUT2D eigenvalue weighted by molar-refractivity contribution is 6.18. The topological polar surface area (TPSA) is 9.23 Å². The lowest BCUT2D eigenvalue weighted by molar-refractivity contribution is 0.303. The molecule has 0 saturated heterocycles. The maximum atomic E-state index is 5.64. The zero-order valence-corrected chi connectivity index (χ0v) is 9.26. The Morgan fingerprint density at radius 2 is 2.00 bits per heavy atom. The van der Waals surface area contributed by atoms with Crippen molar-refractivity contribution in [3.8, 4) is 17.6 Å². The van der Waals surface area contributed by atoms with Gasteiger partial charge in [0.25, 0.3) is 0 Å². The normalized spacial score (nSPS) is 14.2. The molecule has 1 aromatic carbocycles. The fourth-order valence-electron chi connectivity index (χ4n) is 1.21. The molecule has 1 aliphatic carbocycles. The van der Waals surface area contributed by atoms with E-state index in [0.29, 0.717) is 12.0 Å². The maximum Gasteiger partial charge on any atom is 0.119 e. The molecule has 0 amide bonds. The molecule has 1 fully saturated rings. The van der Waals surface area contributed by atoms with Crippen molar-refractivity contribution in [1.82, 2.24) is 0 Å². The molecule has 1 nitrogen and oxygen atoms in total. The second kappa shape index (κ2) is 5.09. The van der Waals surface area contributed by atoms with Crippen LogP contribution in [0.2, 0.25) is 0 Å². The minimum absolute atomic E-state index is 0.457. The third kappa shape index (κ3) is 3.49. The molecule has 1 aliphatic rings. The molecule has 0 N–H and O–H groups in total. The van der Waals surface area contributed by atoms with Crippen molar-refractivity contribution in [2.75, 3.05) is 5.88 Å². The second-order valence-electron chi connectivity index (χ2n) is 3.58. The predicted molar refractivity (Wildman–Crippen MR) is 62.3 cm³/mol. The molecule has 15 heavy (non-hydrogen) atoms. The van der Waals surface area contributed by atoms with Gasteiger partial charge in [-0.3, -0.25) is 0 Å². The lowest BCUT2D eigenvalue weighted by Gasteiger charge is -2.02. The average Bonchev–Trinajstić information content (AvgIpc) is 3.05. The molecular formula is C13H13ClO. The van der Waals surface area contributed by atoms with Crippen LogP contribution in [0.5, 0.6) is 5.75 Å². The van der Waals surface area contributed by atoms with Gasteiger partial charge < -0.3 is 4.74 Å². The van der Waals surface area contributed by atoms with Gasteiger partial charge in [-0.1, -0.05) is 11.8 Å². The smallest absolute Gasteiger partial charge is 0.119 e. The molecule has 1 saturated carbocycles. The summed E-state index contributed by atoms with van der Waals surface area (Å²) in [7, 11) is 0. The van der Waals surface area contributed by atoms with Gasteiger partial charge in [0, 0.05) is 17.9 Å². The van der Waals surface area contributed by atoms with E-state index in [2.05, 4.69) is 11.8 Å². The average molecular weight is 221 g/mol. The van der Waals surface area contributed by atoms with Gasteiger partial charge in [-0.05, 0) is 37.1 Å². The summed E-state index contributed by atoms with van der Waals surface area (Å²) in [6, 6.07) is 7.92. The van der Waals surface area contributed by atoms with Crippen LogP contribution in [-0.4, -0.2) is 12.0 Å². The van der Waals surface area contributed by atoms with Crippen molar-refractivity contribution in [3.05, 3.63) is 29.8 Å². The quantitative estimate of drug-likeness (QED) is 0.562. The van der Waals surface area contributed by atoms with Crippen molar-refractivity contribution < 1.29 is 4.74 Å². The highest BCUT2D eigenvalue weighted by Gasteiger charge is 2.23. The van der Waals surface area contributed by atoms with E-state index in [9.17, 15) is 0 Å². The summed E-state index contributed by atoms with van der Waals surface area (Å²) in [6.45, 7) is 0. The SMILES string of the molecule is ClCCC#Cc1ccc(OC2CC2)cc1. The number of hydrogen-bond donors (Lipinski definition) is 0.